The van der Waals surface area contributed by atoms with Gasteiger partial charge in [-0.25, -0.2) is 9.97 Å². The van der Waals surface area contributed by atoms with Crippen molar-refractivity contribution in [1.29, 1.82) is 0 Å². The van der Waals surface area contributed by atoms with Gasteiger partial charge in [0.1, 0.15) is 17.0 Å². The summed E-state index contributed by atoms with van der Waals surface area (Å²) in [5, 5.41) is 12.0. The minimum Gasteiger partial charge on any atom is -0.301 e. The van der Waals surface area contributed by atoms with Gasteiger partial charge in [0, 0.05) is 17.1 Å². The molecule has 122 valence electrons. The van der Waals surface area contributed by atoms with Gasteiger partial charge >= 0.3 is 5.69 Å². The highest BCUT2D eigenvalue weighted by molar-refractivity contribution is 7.18. The third kappa shape index (κ3) is 2.30. The fourth-order valence-electron chi connectivity index (χ4n) is 3.19. The van der Waals surface area contributed by atoms with Gasteiger partial charge in [0.2, 0.25) is 0 Å². The second-order valence-electron chi connectivity index (χ2n) is 6.09. The molecule has 0 unspecified atom stereocenters. The highest BCUT2D eigenvalue weighted by Gasteiger charge is 2.24. The van der Waals surface area contributed by atoms with Gasteiger partial charge in [0.15, 0.2) is 0 Å². The van der Waals surface area contributed by atoms with E-state index in [9.17, 15) is 14.9 Å². The number of hydrogen-bond acceptors (Lipinski definition) is 6. The van der Waals surface area contributed by atoms with Crippen LogP contribution in [-0.2, 0) is 12.8 Å². The van der Waals surface area contributed by atoms with E-state index in [0.29, 0.717) is 11.7 Å². The van der Waals surface area contributed by atoms with E-state index in [4.69, 9.17) is 0 Å². The summed E-state index contributed by atoms with van der Waals surface area (Å²) in [7, 11) is 0. The molecule has 4 rings (SSSR count). The van der Waals surface area contributed by atoms with Gasteiger partial charge in [-0.1, -0.05) is 6.92 Å². The molecule has 8 heteroatoms. The smallest absolute Gasteiger partial charge is 0.301 e. The average Bonchev–Trinajstić information content (AvgIpc) is 2.92. The molecule has 3 aromatic heterocycles. The number of aromatic nitrogens is 3. The Bertz CT molecular complexity index is 1020. The Balaban J connectivity index is 1.96. The zero-order chi connectivity index (χ0) is 16.8. The van der Waals surface area contributed by atoms with E-state index in [1.165, 1.54) is 35.2 Å². The Morgan fingerprint density at radius 3 is 3.04 bits per heavy atom. The number of aryl methyl sites for hydroxylation is 1. The maximum atomic E-state index is 11.6. The van der Waals surface area contributed by atoms with Crippen molar-refractivity contribution in [3.8, 4) is 5.82 Å². The van der Waals surface area contributed by atoms with E-state index >= 15 is 0 Å². The zero-order valence-electron chi connectivity index (χ0n) is 12.9. The van der Waals surface area contributed by atoms with Crippen LogP contribution in [0.3, 0.4) is 0 Å². The van der Waals surface area contributed by atoms with Crippen LogP contribution in [0, 0.1) is 16.0 Å². The average molecular weight is 342 g/mol. The van der Waals surface area contributed by atoms with Crippen molar-refractivity contribution in [2.45, 2.75) is 26.2 Å². The number of rotatable bonds is 2. The SMILES string of the molecule is C[C@H]1CCc2c(sc3ncnc(-n4ccc(=O)c([N+](=O)[O-])c4)c23)C1. The van der Waals surface area contributed by atoms with Crippen LogP contribution in [-0.4, -0.2) is 19.5 Å². The molecule has 0 aromatic carbocycles. The summed E-state index contributed by atoms with van der Waals surface area (Å²) in [4.78, 5) is 32.9. The van der Waals surface area contributed by atoms with Crippen molar-refractivity contribution in [1.82, 2.24) is 14.5 Å². The maximum Gasteiger partial charge on any atom is 0.332 e. The third-order valence-electron chi connectivity index (χ3n) is 4.41. The minimum atomic E-state index is -0.665. The fraction of sp³-hybridized carbons (Fsp3) is 0.312. The number of thiophene rings is 1. The summed E-state index contributed by atoms with van der Waals surface area (Å²) in [5.74, 6) is 1.24. The first kappa shape index (κ1) is 14.9. The number of nitrogens with zero attached hydrogens (tertiary/aromatic N) is 4. The van der Waals surface area contributed by atoms with Gasteiger partial charge in [-0.2, -0.15) is 0 Å². The molecule has 3 heterocycles. The van der Waals surface area contributed by atoms with Crippen LogP contribution in [0.1, 0.15) is 23.8 Å². The van der Waals surface area contributed by atoms with E-state index in [2.05, 4.69) is 16.9 Å². The highest BCUT2D eigenvalue weighted by Crippen LogP contribution is 2.39. The van der Waals surface area contributed by atoms with Gasteiger partial charge in [0.25, 0.3) is 5.43 Å². The Morgan fingerprint density at radius 2 is 2.25 bits per heavy atom. The van der Waals surface area contributed by atoms with Gasteiger partial charge < -0.3 is 4.57 Å². The first-order valence-electron chi connectivity index (χ1n) is 7.67. The largest absolute Gasteiger partial charge is 0.332 e. The van der Waals surface area contributed by atoms with Gasteiger partial charge in [-0.05, 0) is 30.7 Å². The summed E-state index contributed by atoms with van der Waals surface area (Å²) < 4.78 is 1.55. The molecule has 0 aliphatic heterocycles. The van der Waals surface area contributed by atoms with E-state index in [1.807, 2.05) is 0 Å². The standard InChI is InChI=1S/C16H14N4O3S/c1-9-2-3-10-13(6-9)24-16-14(10)15(17-8-18-16)19-5-4-12(21)11(7-19)20(22)23/h4-5,7-9H,2-3,6H2,1H3/t9-/m0/s1. The van der Waals surface area contributed by atoms with Crippen molar-refractivity contribution in [3.63, 3.8) is 0 Å². The Kier molecular flexibility index (Phi) is 3.42. The molecule has 0 spiro atoms. The zero-order valence-corrected chi connectivity index (χ0v) is 13.7. The van der Waals surface area contributed by atoms with Crippen LogP contribution < -0.4 is 5.43 Å². The fourth-order valence-corrected chi connectivity index (χ4v) is 4.54. The van der Waals surface area contributed by atoms with Crippen LogP contribution in [0.4, 0.5) is 5.69 Å². The predicted molar refractivity (Wildman–Crippen MR) is 90.9 cm³/mol. The highest BCUT2D eigenvalue weighted by atomic mass is 32.1. The first-order valence-corrected chi connectivity index (χ1v) is 8.48. The minimum absolute atomic E-state index is 0.456. The first-order chi connectivity index (χ1) is 11.5. The lowest BCUT2D eigenvalue weighted by atomic mass is 9.89. The Hall–Kier alpha value is -2.61. The van der Waals surface area contributed by atoms with Crippen LogP contribution in [0.25, 0.3) is 16.0 Å². The molecule has 0 fully saturated rings. The van der Waals surface area contributed by atoms with E-state index in [-0.39, 0.29) is 0 Å². The van der Waals surface area contributed by atoms with Crippen molar-refractivity contribution in [2.75, 3.05) is 0 Å². The van der Waals surface area contributed by atoms with E-state index in [0.717, 1.165) is 29.5 Å². The molecular weight excluding hydrogens is 328 g/mol. The molecule has 7 nitrogen and oxygen atoms in total. The molecule has 0 radical (unpaired) electrons. The molecule has 0 amide bonds. The normalized spacial score (nSPS) is 17.0. The van der Waals surface area contributed by atoms with Crippen molar-refractivity contribution >= 4 is 27.2 Å². The summed E-state index contributed by atoms with van der Waals surface area (Å²) in [6.07, 6.45) is 7.32. The molecule has 24 heavy (non-hydrogen) atoms. The maximum absolute atomic E-state index is 11.6. The quantitative estimate of drug-likeness (QED) is 0.527. The molecule has 0 N–H and O–H groups in total. The van der Waals surface area contributed by atoms with Crippen molar-refractivity contribution in [2.24, 2.45) is 5.92 Å². The molecular formula is C16H14N4O3S. The second kappa shape index (κ2) is 5.48. The lowest BCUT2D eigenvalue weighted by Crippen LogP contribution is -2.12. The Labute approximate surface area is 140 Å². The van der Waals surface area contributed by atoms with Crippen molar-refractivity contribution < 1.29 is 4.92 Å². The monoisotopic (exact) mass is 342 g/mol. The predicted octanol–water partition coefficient (Wildman–Crippen LogP) is 2.88. The second-order valence-corrected chi connectivity index (χ2v) is 7.17. The molecule has 3 aromatic rings. The topological polar surface area (TPSA) is 90.9 Å². The van der Waals surface area contributed by atoms with E-state index < -0.39 is 16.0 Å². The number of hydrogen-bond donors (Lipinski definition) is 0. The van der Waals surface area contributed by atoms with E-state index in [1.54, 1.807) is 15.9 Å². The molecule has 0 bridgehead atoms. The number of pyridine rings is 1. The van der Waals surface area contributed by atoms with Crippen LogP contribution >= 0.6 is 11.3 Å². The third-order valence-corrected chi connectivity index (χ3v) is 5.58. The summed E-state index contributed by atoms with van der Waals surface area (Å²) in [6.45, 7) is 2.24. The van der Waals surface area contributed by atoms with Crippen LogP contribution in [0.2, 0.25) is 0 Å². The molecule has 1 aliphatic carbocycles. The lowest BCUT2D eigenvalue weighted by Gasteiger charge is -2.18. The molecule has 1 atom stereocenters. The number of nitro groups is 1. The summed E-state index contributed by atoms with van der Waals surface area (Å²) in [5.41, 5.74) is 0.176. The lowest BCUT2D eigenvalue weighted by molar-refractivity contribution is -0.386. The summed E-state index contributed by atoms with van der Waals surface area (Å²) in [6, 6.07) is 1.20. The van der Waals surface area contributed by atoms with Gasteiger partial charge in [0.05, 0.1) is 16.5 Å². The molecule has 0 saturated carbocycles. The van der Waals surface area contributed by atoms with Crippen LogP contribution in [0.15, 0.2) is 29.6 Å². The molecule has 1 aliphatic rings. The van der Waals surface area contributed by atoms with Gasteiger partial charge in [-0.3, -0.25) is 14.9 Å². The molecule has 0 saturated heterocycles. The van der Waals surface area contributed by atoms with Crippen LogP contribution in [0.5, 0.6) is 0 Å². The summed E-state index contributed by atoms with van der Waals surface area (Å²) >= 11 is 1.67. The number of fused-ring (bicyclic) bond motifs is 3. The van der Waals surface area contributed by atoms with Gasteiger partial charge in [-0.15, -0.1) is 11.3 Å². The van der Waals surface area contributed by atoms with Crippen molar-refractivity contribution in [3.05, 3.63) is 55.6 Å². The Morgan fingerprint density at radius 1 is 1.42 bits per heavy atom.